The van der Waals surface area contributed by atoms with Gasteiger partial charge in [-0.3, -0.25) is 4.79 Å². The van der Waals surface area contributed by atoms with Crippen molar-refractivity contribution < 1.29 is 31.5 Å². The summed E-state index contributed by atoms with van der Waals surface area (Å²) in [5.41, 5.74) is 0.263. The van der Waals surface area contributed by atoms with Gasteiger partial charge in [0, 0.05) is 27.9 Å². The Morgan fingerprint density at radius 3 is 2.55 bits per heavy atom. The highest BCUT2D eigenvalue weighted by Crippen LogP contribution is 2.37. The Kier molecular flexibility index (Phi) is 6.02. The quantitative estimate of drug-likeness (QED) is 0.328. The number of carbonyl (C=O) groups is 1. The van der Waals surface area contributed by atoms with Gasteiger partial charge in [-0.25, -0.2) is 3.97 Å². The van der Waals surface area contributed by atoms with Crippen LogP contribution in [0, 0.1) is 0 Å². The van der Waals surface area contributed by atoms with Crippen molar-refractivity contribution in [2.75, 3.05) is 0 Å². The Morgan fingerprint density at radius 2 is 1.85 bits per heavy atom. The van der Waals surface area contributed by atoms with Crippen molar-refractivity contribution in [3.63, 3.8) is 0 Å². The molecule has 4 rings (SSSR count). The summed E-state index contributed by atoms with van der Waals surface area (Å²) in [4.78, 5) is 11.4. The number of carboxylic acids is 1. The second kappa shape index (κ2) is 8.51. The monoisotopic (exact) mass is 513 g/mol. The second-order valence-corrected chi connectivity index (χ2v) is 10.8. The van der Waals surface area contributed by atoms with Crippen LogP contribution in [0.1, 0.15) is 17.5 Å². The molecule has 0 saturated carbocycles. The van der Waals surface area contributed by atoms with E-state index in [4.69, 9.17) is 16.7 Å². The molecule has 0 spiro atoms. The molecule has 0 amide bonds. The molecule has 33 heavy (non-hydrogen) atoms. The van der Waals surface area contributed by atoms with Gasteiger partial charge in [0.05, 0.1) is 11.1 Å². The van der Waals surface area contributed by atoms with Gasteiger partial charge >= 0.3 is 12.1 Å². The third-order valence-corrected chi connectivity index (χ3v) is 8.50. The lowest BCUT2D eigenvalue weighted by atomic mass is 10.1. The van der Waals surface area contributed by atoms with Crippen LogP contribution in [0.4, 0.5) is 13.2 Å². The number of thiophene rings is 1. The second-order valence-electron chi connectivity index (χ2n) is 7.21. The summed E-state index contributed by atoms with van der Waals surface area (Å²) < 4.78 is 66.9. The van der Waals surface area contributed by atoms with E-state index in [0.717, 1.165) is 27.4 Å². The third kappa shape index (κ3) is 4.64. The number of aryl methyl sites for hydroxylation is 1. The van der Waals surface area contributed by atoms with Gasteiger partial charge in [-0.2, -0.15) is 21.6 Å². The molecule has 2 aromatic heterocycles. The smallest absolute Gasteiger partial charge is 0.416 e. The van der Waals surface area contributed by atoms with Crippen molar-refractivity contribution >= 4 is 49.8 Å². The lowest BCUT2D eigenvalue weighted by molar-refractivity contribution is -0.138. The summed E-state index contributed by atoms with van der Waals surface area (Å²) >= 11 is 6.91. The van der Waals surface area contributed by atoms with Crippen LogP contribution < -0.4 is 0 Å². The lowest BCUT2D eigenvalue weighted by Crippen LogP contribution is -2.10. The van der Waals surface area contributed by atoms with Gasteiger partial charge in [0.1, 0.15) is 4.21 Å². The van der Waals surface area contributed by atoms with Gasteiger partial charge in [-0.15, -0.1) is 11.3 Å². The van der Waals surface area contributed by atoms with E-state index in [-0.39, 0.29) is 22.6 Å². The van der Waals surface area contributed by atoms with E-state index >= 15 is 0 Å². The first-order chi connectivity index (χ1) is 15.5. The van der Waals surface area contributed by atoms with Crippen molar-refractivity contribution in [3.8, 4) is 10.4 Å². The minimum Gasteiger partial charge on any atom is -0.481 e. The number of rotatable bonds is 6. The summed E-state index contributed by atoms with van der Waals surface area (Å²) in [7, 11) is -4.10. The Hall–Kier alpha value is -2.82. The molecular formula is C22H15ClF3NO4S2. The first-order valence-electron chi connectivity index (χ1n) is 9.51. The van der Waals surface area contributed by atoms with Gasteiger partial charge in [0.25, 0.3) is 10.0 Å². The Bertz CT molecular complexity index is 1470. The number of benzene rings is 2. The average Bonchev–Trinajstić information content (AvgIpc) is 3.38. The summed E-state index contributed by atoms with van der Waals surface area (Å²) in [5, 5.41) is 9.90. The van der Waals surface area contributed by atoms with E-state index in [9.17, 15) is 26.4 Å². The maximum Gasteiger partial charge on any atom is 0.416 e. The highest BCUT2D eigenvalue weighted by molar-refractivity contribution is 7.92. The number of aliphatic carboxylic acids is 1. The van der Waals surface area contributed by atoms with Gasteiger partial charge in [0.15, 0.2) is 0 Å². The van der Waals surface area contributed by atoms with Crippen LogP contribution in [-0.4, -0.2) is 23.5 Å². The van der Waals surface area contributed by atoms with Crippen LogP contribution in [0.25, 0.3) is 21.3 Å². The zero-order valence-corrected chi connectivity index (χ0v) is 19.0. The molecule has 0 fully saturated rings. The minimum absolute atomic E-state index is 0.0634. The molecule has 2 aromatic carbocycles. The molecule has 2 heterocycles. The molecule has 0 bridgehead atoms. The average molecular weight is 514 g/mol. The van der Waals surface area contributed by atoms with Crippen LogP contribution in [0.15, 0.2) is 65.0 Å². The highest BCUT2D eigenvalue weighted by Gasteiger charge is 2.31. The first-order valence-corrected chi connectivity index (χ1v) is 12.1. The number of hydrogen-bond donors (Lipinski definition) is 1. The molecule has 0 unspecified atom stereocenters. The Morgan fingerprint density at radius 1 is 1.09 bits per heavy atom. The van der Waals surface area contributed by atoms with Gasteiger partial charge < -0.3 is 5.11 Å². The number of aromatic nitrogens is 1. The summed E-state index contributed by atoms with van der Waals surface area (Å²) in [6, 6.07) is 12.1. The van der Waals surface area contributed by atoms with Crippen LogP contribution in [0.5, 0.6) is 0 Å². The molecule has 4 aromatic rings. The standard InChI is InChI=1S/C22H15ClF3NO4S2/c23-16-5-6-18-17(11-16)14(4-8-20(28)29)12-27(18)33(30,31)21-9-7-19(32-21)13-2-1-3-15(10-13)22(24,25)26/h1-3,5-7,9-12H,4,8H2,(H,28,29). The predicted molar refractivity (Wildman–Crippen MR) is 120 cm³/mol. The minimum atomic E-state index is -4.51. The Balaban J connectivity index is 1.77. The molecule has 11 heteroatoms. The largest absolute Gasteiger partial charge is 0.481 e. The SMILES string of the molecule is O=C(O)CCc1cn(S(=O)(=O)c2ccc(-c3cccc(C(F)(F)F)c3)s2)c2ccc(Cl)cc12. The van der Waals surface area contributed by atoms with E-state index in [1.165, 1.54) is 42.6 Å². The number of carboxylic acid groups (broad SMARTS) is 1. The maximum absolute atomic E-state index is 13.4. The summed E-state index contributed by atoms with van der Waals surface area (Å²) in [5.74, 6) is -1.02. The van der Waals surface area contributed by atoms with Crippen molar-refractivity contribution in [3.05, 3.63) is 76.9 Å². The number of hydrogen-bond acceptors (Lipinski definition) is 4. The van der Waals surface area contributed by atoms with Crippen molar-refractivity contribution in [2.45, 2.75) is 23.2 Å². The topological polar surface area (TPSA) is 76.4 Å². The van der Waals surface area contributed by atoms with E-state index in [0.29, 0.717) is 26.4 Å². The molecule has 0 aliphatic heterocycles. The fraction of sp³-hybridized carbons (Fsp3) is 0.136. The van der Waals surface area contributed by atoms with E-state index < -0.39 is 27.7 Å². The van der Waals surface area contributed by atoms with E-state index in [2.05, 4.69) is 0 Å². The zero-order valence-electron chi connectivity index (χ0n) is 16.6. The number of halogens is 4. The van der Waals surface area contributed by atoms with E-state index in [1.54, 1.807) is 6.07 Å². The van der Waals surface area contributed by atoms with Crippen molar-refractivity contribution in [1.29, 1.82) is 0 Å². The molecule has 1 N–H and O–H groups in total. The lowest BCUT2D eigenvalue weighted by Gasteiger charge is -2.08. The molecule has 0 radical (unpaired) electrons. The predicted octanol–water partition coefficient (Wildman–Crippen LogP) is 6.30. The number of nitrogens with zero attached hydrogens (tertiary/aromatic N) is 1. The van der Waals surface area contributed by atoms with Crippen molar-refractivity contribution in [1.82, 2.24) is 3.97 Å². The van der Waals surface area contributed by atoms with E-state index in [1.807, 2.05) is 0 Å². The van der Waals surface area contributed by atoms with Crippen molar-refractivity contribution in [2.24, 2.45) is 0 Å². The molecule has 0 aliphatic carbocycles. The van der Waals surface area contributed by atoms with Crippen LogP contribution >= 0.6 is 22.9 Å². The molecule has 172 valence electrons. The fourth-order valence-corrected chi connectivity index (χ4v) is 6.39. The number of alkyl halides is 3. The summed E-state index contributed by atoms with van der Waals surface area (Å²) in [6.45, 7) is 0. The first kappa shape index (κ1) is 23.3. The van der Waals surface area contributed by atoms with Crippen LogP contribution in [-0.2, 0) is 27.4 Å². The summed E-state index contributed by atoms with van der Waals surface area (Å²) in [6.07, 6.45) is -3.23. The molecular weight excluding hydrogens is 499 g/mol. The highest BCUT2D eigenvalue weighted by atomic mass is 35.5. The van der Waals surface area contributed by atoms with Gasteiger partial charge in [-0.1, -0.05) is 23.7 Å². The maximum atomic E-state index is 13.4. The molecule has 0 saturated heterocycles. The molecule has 0 aliphatic rings. The molecule has 0 atom stereocenters. The molecule has 5 nitrogen and oxygen atoms in total. The number of fused-ring (bicyclic) bond motifs is 1. The normalized spacial score (nSPS) is 12.4. The van der Waals surface area contributed by atoms with Gasteiger partial charge in [0.2, 0.25) is 0 Å². The van der Waals surface area contributed by atoms with Gasteiger partial charge in [-0.05, 0) is 60.0 Å². The van der Waals surface area contributed by atoms with Crippen LogP contribution in [0.2, 0.25) is 5.02 Å². The fourth-order valence-electron chi connectivity index (χ4n) is 3.44. The zero-order chi connectivity index (χ0) is 24.0. The Labute approximate surface area is 195 Å². The van der Waals surface area contributed by atoms with Crippen LogP contribution in [0.3, 0.4) is 0 Å². The third-order valence-electron chi connectivity index (χ3n) is 4.99.